The Labute approximate surface area is 102 Å². The van der Waals surface area contributed by atoms with Crippen LogP contribution in [0.2, 0.25) is 0 Å². The fourth-order valence-electron chi connectivity index (χ4n) is 0.818. The van der Waals surface area contributed by atoms with Crippen molar-refractivity contribution in [3.63, 3.8) is 0 Å². The summed E-state index contributed by atoms with van der Waals surface area (Å²) in [5.41, 5.74) is -1.16. The molecule has 0 aliphatic heterocycles. The first-order chi connectivity index (χ1) is 6.32. The van der Waals surface area contributed by atoms with E-state index in [0.29, 0.717) is 4.47 Å². The second-order valence-electron chi connectivity index (χ2n) is 2.47. The summed E-state index contributed by atoms with van der Waals surface area (Å²) in [4.78, 5) is 28.6. The zero-order valence-electron chi connectivity index (χ0n) is 6.65. The molecule has 0 fully saturated rings. The fraction of sp³-hybridized carbons (Fsp3) is 0. The molecule has 76 valence electrons. The molecule has 4 nitrogen and oxygen atoms in total. The highest BCUT2D eigenvalue weighted by Crippen LogP contribution is 2.41. The van der Waals surface area contributed by atoms with Gasteiger partial charge in [-0.3, -0.25) is 9.36 Å². The van der Waals surface area contributed by atoms with Crippen LogP contribution >= 0.6 is 46.1 Å². The van der Waals surface area contributed by atoms with Crippen molar-refractivity contribution in [2.45, 2.75) is 0 Å². The van der Waals surface area contributed by atoms with Crippen molar-refractivity contribution in [2.75, 3.05) is 0 Å². The van der Waals surface area contributed by atoms with E-state index in [1.165, 1.54) is 6.07 Å². The van der Waals surface area contributed by atoms with E-state index in [4.69, 9.17) is 9.79 Å². The van der Waals surface area contributed by atoms with Crippen LogP contribution < -0.4 is 0 Å². The molecule has 1 aromatic rings. The Kier molecular flexibility index (Phi) is 3.87. The minimum atomic E-state index is -4.70. The lowest BCUT2D eigenvalue weighted by atomic mass is 10.2. The molecule has 1 rings (SSSR count). The van der Waals surface area contributed by atoms with Crippen molar-refractivity contribution in [1.82, 2.24) is 0 Å². The molecule has 0 aliphatic carbocycles. The van der Waals surface area contributed by atoms with E-state index in [1.807, 2.05) is 22.6 Å². The van der Waals surface area contributed by atoms with Crippen LogP contribution in [0.15, 0.2) is 22.7 Å². The summed E-state index contributed by atoms with van der Waals surface area (Å²) in [6.07, 6.45) is 0. The lowest BCUT2D eigenvalue weighted by Crippen LogP contribution is -2.01. The van der Waals surface area contributed by atoms with Gasteiger partial charge in [0.25, 0.3) is 5.52 Å². The molecule has 0 saturated carbocycles. The summed E-state index contributed by atoms with van der Waals surface area (Å²) in [6, 6.07) is 4.72. The Morgan fingerprint density at radius 2 is 2.00 bits per heavy atom. The maximum atomic E-state index is 11.2. The van der Waals surface area contributed by atoms with Crippen LogP contribution in [0.25, 0.3) is 0 Å². The van der Waals surface area contributed by atoms with Gasteiger partial charge in [0.15, 0.2) is 0 Å². The van der Waals surface area contributed by atoms with Gasteiger partial charge in [0.1, 0.15) is 0 Å². The quantitative estimate of drug-likeness (QED) is 0.600. The Hall–Kier alpha value is 0.250. The molecule has 14 heavy (non-hydrogen) atoms. The molecule has 0 spiro atoms. The molecular formula is C7H5BrIO4P. The second-order valence-corrected chi connectivity index (χ2v) is 6.07. The molecule has 0 saturated heterocycles. The van der Waals surface area contributed by atoms with Gasteiger partial charge in [0.2, 0.25) is 0 Å². The maximum absolute atomic E-state index is 11.2. The van der Waals surface area contributed by atoms with Crippen LogP contribution in [0.4, 0.5) is 0 Å². The van der Waals surface area contributed by atoms with Crippen molar-refractivity contribution in [2.24, 2.45) is 0 Å². The van der Waals surface area contributed by atoms with Crippen LogP contribution in [-0.2, 0) is 4.57 Å². The number of rotatable bonds is 2. The molecule has 1 aromatic carbocycles. The molecule has 0 unspecified atom stereocenters. The first-order valence-corrected chi connectivity index (χ1v) is 6.86. The molecule has 0 bridgehead atoms. The fourth-order valence-corrected chi connectivity index (χ4v) is 2.39. The number of carbonyl (C=O) groups excluding carboxylic acids is 1. The zero-order chi connectivity index (χ0) is 10.9. The van der Waals surface area contributed by atoms with Crippen LogP contribution in [0.1, 0.15) is 10.4 Å². The van der Waals surface area contributed by atoms with Gasteiger partial charge in [0, 0.05) is 13.6 Å². The maximum Gasteiger partial charge on any atom is 0.396 e. The van der Waals surface area contributed by atoms with Gasteiger partial charge in [-0.1, -0.05) is 15.9 Å². The number of benzene rings is 1. The summed E-state index contributed by atoms with van der Waals surface area (Å²) in [6.45, 7) is 0. The van der Waals surface area contributed by atoms with E-state index >= 15 is 0 Å². The Bertz CT molecular complexity index is 428. The van der Waals surface area contributed by atoms with Crippen molar-refractivity contribution in [3.05, 3.63) is 31.8 Å². The molecule has 0 amide bonds. The van der Waals surface area contributed by atoms with E-state index in [1.54, 1.807) is 12.1 Å². The zero-order valence-corrected chi connectivity index (χ0v) is 11.3. The largest absolute Gasteiger partial charge is 0.396 e. The molecular weight excluding hydrogens is 386 g/mol. The Morgan fingerprint density at radius 1 is 1.43 bits per heavy atom. The molecule has 0 radical (unpaired) electrons. The molecule has 2 N–H and O–H groups in total. The third-order valence-electron chi connectivity index (χ3n) is 1.42. The van der Waals surface area contributed by atoms with Crippen molar-refractivity contribution in [3.8, 4) is 0 Å². The van der Waals surface area contributed by atoms with Crippen LogP contribution in [-0.4, -0.2) is 15.3 Å². The van der Waals surface area contributed by atoms with Gasteiger partial charge in [-0.15, -0.1) is 0 Å². The van der Waals surface area contributed by atoms with E-state index in [2.05, 4.69) is 15.9 Å². The van der Waals surface area contributed by atoms with Crippen molar-refractivity contribution < 1.29 is 19.1 Å². The molecule has 0 atom stereocenters. The first-order valence-electron chi connectivity index (χ1n) is 3.38. The number of carbonyl (C=O) groups is 1. The SMILES string of the molecule is O=C(c1cc(I)ccc1Br)P(=O)(O)O. The highest BCUT2D eigenvalue weighted by atomic mass is 127. The van der Waals surface area contributed by atoms with E-state index in [0.717, 1.165) is 3.57 Å². The Morgan fingerprint density at radius 3 is 2.50 bits per heavy atom. The normalized spacial score (nSPS) is 11.4. The standard InChI is InChI=1S/C7H5BrIO4P/c8-6-2-1-4(9)3-5(6)7(10)14(11,12)13/h1-3H,(H2,11,12,13). The summed E-state index contributed by atoms with van der Waals surface area (Å²) in [7, 11) is -4.70. The minimum Gasteiger partial charge on any atom is -0.319 e. The van der Waals surface area contributed by atoms with Gasteiger partial charge >= 0.3 is 7.60 Å². The van der Waals surface area contributed by atoms with Crippen molar-refractivity contribution >= 4 is 51.6 Å². The smallest absolute Gasteiger partial charge is 0.319 e. The van der Waals surface area contributed by atoms with Crippen LogP contribution in [0.3, 0.4) is 0 Å². The summed E-state index contributed by atoms with van der Waals surface area (Å²) < 4.78 is 11.8. The van der Waals surface area contributed by atoms with Crippen LogP contribution in [0.5, 0.6) is 0 Å². The highest BCUT2D eigenvalue weighted by molar-refractivity contribution is 14.1. The summed E-state index contributed by atoms with van der Waals surface area (Å²) in [5, 5.41) is 0. The minimum absolute atomic E-state index is 0.00485. The average molecular weight is 391 g/mol. The monoisotopic (exact) mass is 390 g/mol. The van der Waals surface area contributed by atoms with Crippen molar-refractivity contribution in [1.29, 1.82) is 0 Å². The first kappa shape index (κ1) is 12.3. The highest BCUT2D eigenvalue weighted by Gasteiger charge is 2.28. The molecule has 0 aliphatic rings. The molecule has 0 heterocycles. The molecule has 0 aromatic heterocycles. The third-order valence-corrected chi connectivity index (χ3v) is 3.56. The summed E-state index contributed by atoms with van der Waals surface area (Å²) >= 11 is 5.01. The molecule has 7 heteroatoms. The number of hydrogen-bond acceptors (Lipinski definition) is 2. The average Bonchev–Trinajstić information content (AvgIpc) is 2.06. The predicted octanol–water partition coefficient (Wildman–Crippen LogP) is 2.37. The van der Waals surface area contributed by atoms with Gasteiger partial charge in [-0.05, 0) is 40.8 Å². The van der Waals surface area contributed by atoms with E-state index < -0.39 is 13.1 Å². The van der Waals surface area contributed by atoms with E-state index in [-0.39, 0.29) is 5.56 Å². The summed E-state index contributed by atoms with van der Waals surface area (Å²) in [5.74, 6) is 0. The van der Waals surface area contributed by atoms with Gasteiger partial charge < -0.3 is 9.79 Å². The lowest BCUT2D eigenvalue weighted by Gasteiger charge is -2.05. The third kappa shape index (κ3) is 2.87. The van der Waals surface area contributed by atoms with E-state index in [9.17, 15) is 9.36 Å². The predicted molar refractivity (Wildman–Crippen MR) is 63.2 cm³/mol. The van der Waals surface area contributed by atoms with Gasteiger partial charge in [-0.25, -0.2) is 0 Å². The Balaban J connectivity index is 3.26. The van der Waals surface area contributed by atoms with Crippen LogP contribution in [0, 0.1) is 3.57 Å². The topological polar surface area (TPSA) is 74.6 Å². The van der Waals surface area contributed by atoms with Gasteiger partial charge in [0.05, 0.1) is 0 Å². The lowest BCUT2D eigenvalue weighted by molar-refractivity contribution is 0.104. The second kappa shape index (κ2) is 4.40. The number of hydrogen-bond donors (Lipinski definition) is 2. The number of halogens is 2. The van der Waals surface area contributed by atoms with Gasteiger partial charge in [-0.2, -0.15) is 0 Å².